The summed E-state index contributed by atoms with van der Waals surface area (Å²) in [4.78, 5) is 6.85. The van der Waals surface area contributed by atoms with Crippen LogP contribution in [0.2, 0.25) is 0 Å². The highest BCUT2D eigenvalue weighted by Gasteiger charge is 2.20. The number of nitrogens with zero attached hydrogens (tertiary/aromatic N) is 2. The average Bonchev–Trinajstić information content (AvgIpc) is 3.58. The second-order valence-electron chi connectivity index (χ2n) is 12.8. The smallest absolute Gasteiger partial charge is 0.227 e. The van der Waals surface area contributed by atoms with Crippen molar-refractivity contribution in [2.45, 2.75) is 0 Å². The highest BCUT2D eigenvalue weighted by atomic mass is 16.3. The normalized spacial score (nSPS) is 11.6. The summed E-state index contributed by atoms with van der Waals surface area (Å²) in [6, 6.07) is 62.9. The van der Waals surface area contributed by atoms with E-state index in [0.717, 1.165) is 33.4 Å². The molecule has 3 heteroatoms. The maximum absolute atomic E-state index is 6.22. The first-order valence-corrected chi connectivity index (χ1v) is 17.0. The van der Waals surface area contributed by atoms with Crippen LogP contribution in [0.5, 0.6) is 0 Å². The van der Waals surface area contributed by atoms with E-state index in [4.69, 9.17) is 4.42 Å². The summed E-state index contributed by atoms with van der Waals surface area (Å²) in [6.45, 7) is 0. The number of aromatic nitrogens is 1. The molecule has 0 atom stereocenters. The van der Waals surface area contributed by atoms with Gasteiger partial charge < -0.3 is 9.32 Å². The van der Waals surface area contributed by atoms with E-state index in [2.05, 4.69) is 174 Å². The molecular weight excluding hydrogens is 609 g/mol. The molecule has 3 nitrogen and oxygen atoms in total. The highest BCUT2D eigenvalue weighted by Crippen LogP contribution is 2.44. The fourth-order valence-corrected chi connectivity index (χ4v) is 7.58. The SMILES string of the molecule is c1ccc(-c2ccc(N(c3ccc(-c4ccc5c6ccccc6c6ccccc6c5c4)cc3)c3cccc4oc5ncccc5c34)cc2)cc1. The van der Waals surface area contributed by atoms with E-state index in [1.54, 1.807) is 6.20 Å². The molecule has 0 radical (unpaired) electrons. The van der Waals surface area contributed by atoms with E-state index in [0.29, 0.717) is 5.71 Å². The van der Waals surface area contributed by atoms with E-state index in [-0.39, 0.29) is 0 Å². The van der Waals surface area contributed by atoms with E-state index in [1.165, 1.54) is 54.6 Å². The van der Waals surface area contributed by atoms with E-state index < -0.39 is 0 Å². The summed E-state index contributed by atoms with van der Waals surface area (Å²) >= 11 is 0. The Morgan fingerprint density at radius 3 is 1.56 bits per heavy atom. The molecule has 0 aliphatic carbocycles. The second-order valence-corrected chi connectivity index (χ2v) is 12.8. The number of anilines is 3. The van der Waals surface area contributed by atoms with Crippen molar-refractivity contribution < 1.29 is 4.42 Å². The number of furan rings is 1. The molecule has 50 heavy (non-hydrogen) atoms. The van der Waals surface area contributed by atoms with Crippen molar-refractivity contribution in [1.29, 1.82) is 0 Å². The predicted octanol–water partition coefficient (Wildman–Crippen LogP) is 13.2. The van der Waals surface area contributed by atoms with Crippen molar-refractivity contribution in [2.24, 2.45) is 0 Å². The lowest BCUT2D eigenvalue weighted by Gasteiger charge is -2.26. The minimum atomic E-state index is 0.640. The maximum atomic E-state index is 6.22. The first kappa shape index (κ1) is 28.3. The fourth-order valence-electron chi connectivity index (χ4n) is 7.58. The molecule has 0 aliphatic rings. The second kappa shape index (κ2) is 11.5. The topological polar surface area (TPSA) is 29.3 Å². The molecule has 2 aromatic heterocycles. The van der Waals surface area contributed by atoms with Gasteiger partial charge in [-0.2, -0.15) is 0 Å². The molecule has 0 saturated heterocycles. The average molecular weight is 639 g/mol. The lowest BCUT2D eigenvalue weighted by Crippen LogP contribution is -2.10. The zero-order valence-corrected chi connectivity index (χ0v) is 27.1. The van der Waals surface area contributed by atoms with Gasteiger partial charge in [-0.3, -0.25) is 0 Å². The predicted molar refractivity (Wildman–Crippen MR) is 210 cm³/mol. The molecule has 0 N–H and O–H groups in total. The van der Waals surface area contributed by atoms with Gasteiger partial charge in [0.2, 0.25) is 5.71 Å². The Kier molecular flexibility index (Phi) is 6.49. The molecule has 0 bridgehead atoms. The van der Waals surface area contributed by atoms with Crippen LogP contribution in [0.1, 0.15) is 0 Å². The monoisotopic (exact) mass is 638 g/mol. The molecule has 0 amide bonds. The number of rotatable bonds is 5. The Balaban J connectivity index is 1.12. The van der Waals surface area contributed by atoms with E-state index >= 15 is 0 Å². The van der Waals surface area contributed by atoms with Crippen molar-refractivity contribution in [3.63, 3.8) is 0 Å². The highest BCUT2D eigenvalue weighted by molar-refractivity contribution is 6.25. The molecule has 10 rings (SSSR count). The van der Waals surface area contributed by atoms with E-state index in [1.807, 2.05) is 12.1 Å². The Hall–Kier alpha value is -6.71. The van der Waals surface area contributed by atoms with Crippen molar-refractivity contribution >= 4 is 71.4 Å². The Bertz CT molecular complexity index is 2820. The molecule has 0 unspecified atom stereocenters. The van der Waals surface area contributed by atoms with Gasteiger partial charge in [-0.05, 0) is 109 Å². The van der Waals surface area contributed by atoms with Gasteiger partial charge in [0, 0.05) is 17.6 Å². The van der Waals surface area contributed by atoms with Gasteiger partial charge in [0.25, 0.3) is 0 Å². The summed E-state index contributed by atoms with van der Waals surface area (Å²) in [5, 5.41) is 9.73. The third kappa shape index (κ3) is 4.56. The quantitative estimate of drug-likeness (QED) is 0.176. The summed E-state index contributed by atoms with van der Waals surface area (Å²) in [5.74, 6) is 0. The number of pyridine rings is 1. The fraction of sp³-hybridized carbons (Fsp3) is 0. The van der Waals surface area contributed by atoms with Gasteiger partial charge in [0.05, 0.1) is 16.5 Å². The summed E-state index contributed by atoms with van der Waals surface area (Å²) in [6.07, 6.45) is 1.78. The van der Waals surface area contributed by atoms with Crippen LogP contribution in [0.25, 0.3) is 76.6 Å². The zero-order chi connectivity index (χ0) is 33.0. The van der Waals surface area contributed by atoms with Gasteiger partial charge in [-0.1, -0.05) is 121 Å². The number of hydrogen-bond acceptors (Lipinski definition) is 3. The first-order chi connectivity index (χ1) is 24.8. The van der Waals surface area contributed by atoms with Crippen molar-refractivity contribution in [1.82, 2.24) is 4.98 Å². The Morgan fingerprint density at radius 2 is 0.900 bits per heavy atom. The molecule has 234 valence electrons. The zero-order valence-electron chi connectivity index (χ0n) is 27.1. The molecule has 0 spiro atoms. The summed E-state index contributed by atoms with van der Waals surface area (Å²) in [7, 11) is 0. The van der Waals surface area contributed by atoms with Crippen LogP contribution in [0, 0.1) is 0 Å². The maximum Gasteiger partial charge on any atom is 0.227 e. The lowest BCUT2D eigenvalue weighted by atomic mass is 9.92. The largest absolute Gasteiger partial charge is 0.438 e. The van der Waals surface area contributed by atoms with Gasteiger partial charge in [0.1, 0.15) is 5.58 Å². The van der Waals surface area contributed by atoms with Crippen LogP contribution in [-0.2, 0) is 0 Å². The molecule has 2 heterocycles. The standard InChI is InChI=1S/C47H30N2O/c1-2-10-31(11-3-1)32-19-24-35(25-20-32)49(44-17-8-18-45-46(44)42-16-9-29-48-47(42)50-45)36-26-21-33(22-27-36)34-23-28-41-39-14-5-4-12-37(39)38-13-6-7-15-40(38)43(41)30-34/h1-30H. The molecule has 8 aromatic carbocycles. The Labute approximate surface area is 289 Å². The van der Waals surface area contributed by atoms with Crippen LogP contribution >= 0.6 is 0 Å². The molecular formula is C47H30N2O. The molecule has 0 fully saturated rings. The minimum absolute atomic E-state index is 0.640. The van der Waals surface area contributed by atoms with E-state index in [9.17, 15) is 0 Å². The van der Waals surface area contributed by atoms with Crippen molar-refractivity contribution in [3.05, 3.63) is 182 Å². The third-order valence-corrected chi connectivity index (χ3v) is 9.93. The van der Waals surface area contributed by atoms with Crippen LogP contribution < -0.4 is 4.90 Å². The number of hydrogen-bond donors (Lipinski definition) is 0. The number of fused-ring (bicyclic) bond motifs is 9. The van der Waals surface area contributed by atoms with Crippen molar-refractivity contribution in [3.8, 4) is 22.3 Å². The van der Waals surface area contributed by atoms with Crippen LogP contribution in [0.15, 0.2) is 187 Å². The van der Waals surface area contributed by atoms with Gasteiger partial charge in [-0.15, -0.1) is 0 Å². The summed E-state index contributed by atoms with van der Waals surface area (Å²) < 4.78 is 6.22. The molecule has 0 saturated carbocycles. The number of benzene rings is 8. The lowest BCUT2D eigenvalue weighted by molar-refractivity contribution is 0.654. The first-order valence-electron chi connectivity index (χ1n) is 17.0. The summed E-state index contributed by atoms with van der Waals surface area (Å²) in [5.41, 5.74) is 9.35. The minimum Gasteiger partial charge on any atom is -0.438 e. The Morgan fingerprint density at radius 1 is 0.380 bits per heavy atom. The molecule has 0 aliphatic heterocycles. The third-order valence-electron chi connectivity index (χ3n) is 9.93. The molecule has 10 aromatic rings. The van der Waals surface area contributed by atoms with Crippen molar-refractivity contribution in [2.75, 3.05) is 4.90 Å². The van der Waals surface area contributed by atoms with Gasteiger partial charge in [0.15, 0.2) is 0 Å². The van der Waals surface area contributed by atoms with Crippen LogP contribution in [-0.4, -0.2) is 4.98 Å². The van der Waals surface area contributed by atoms with Gasteiger partial charge in [-0.25, -0.2) is 4.98 Å². The van der Waals surface area contributed by atoms with Crippen LogP contribution in [0.4, 0.5) is 17.1 Å². The van der Waals surface area contributed by atoms with Gasteiger partial charge >= 0.3 is 0 Å². The van der Waals surface area contributed by atoms with Crippen LogP contribution in [0.3, 0.4) is 0 Å².